The van der Waals surface area contributed by atoms with Crippen molar-refractivity contribution in [1.29, 1.82) is 0 Å². The molecule has 0 N–H and O–H groups in total. The van der Waals surface area contributed by atoms with Gasteiger partial charge < -0.3 is 0 Å². The maximum Gasteiger partial charge on any atom is 0.156 e. The Morgan fingerprint density at radius 1 is 1.08 bits per heavy atom. The number of carbonyl (C=O) groups is 1. The van der Waals surface area contributed by atoms with E-state index in [1.165, 1.54) is 5.57 Å². The molecule has 60 valence electrons. The van der Waals surface area contributed by atoms with Crippen LogP contribution in [0.2, 0.25) is 0 Å². The molecule has 2 aliphatic carbocycles. The smallest absolute Gasteiger partial charge is 0.156 e. The summed E-state index contributed by atoms with van der Waals surface area (Å²) in [6.07, 6.45) is 13.3. The van der Waals surface area contributed by atoms with Gasteiger partial charge >= 0.3 is 0 Å². The molecule has 0 fully saturated rings. The monoisotopic (exact) mass is 158 g/mol. The van der Waals surface area contributed by atoms with E-state index in [-0.39, 0.29) is 5.78 Å². The van der Waals surface area contributed by atoms with E-state index in [0.717, 1.165) is 12.0 Å². The van der Waals surface area contributed by atoms with E-state index in [1.54, 1.807) is 6.08 Å². The first kappa shape index (κ1) is 7.29. The molecule has 0 saturated heterocycles. The molecule has 0 aliphatic heterocycles. The lowest BCUT2D eigenvalue weighted by molar-refractivity contribution is -0.114. The van der Waals surface area contributed by atoms with Crippen LogP contribution in [0.3, 0.4) is 0 Å². The average Bonchev–Trinajstić information content (AvgIpc) is 2.28. The van der Waals surface area contributed by atoms with Gasteiger partial charge in [0.05, 0.1) is 0 Å². The summed E-state index contributed by atoms with van der Waals surface area (Å²) in [6.45, 7) is 0. The summed E-state index contributed by atoms with van der Waals surface area (Å²) in [5, 5.41) is 0. The van der Waals surface area contributed by atoms with E-state index >= 15 is 0 Å². The number of hydrogen-bond acceptors (Lipinski definition) is 1. The van der Waals surface area contributed by atoms with E-state index in [2.05, 4.69) is 6.08 Å². The highest BCUT2D eigenvalue weighted by Gasteiger charge is 2.12. The molecule has 0 spiro atoms. The molecule has 2 aliphatic rings. The van der Waals surface area contributed by atoms with Crippen LogP contribution >= 0.6 is 0 Å². The Labute approximate surface area is 71.8 Å². The van der Waals surface area contributed by atoms with Crippen LogP contribution < -0.4 is 0 Å². The summed E-state index contributed by atoms with van der Waals surface area (Å²) in [4.78, 5) is 11.1. The number of allylic oxidation sites excluding steroid dienone is 8. The van der Waals surface area contributed by atoms with Crippen LogP contribution in [0.4, 0.5) is 0 Å². The van der Waals surface area contributed by atoms with Gasteiger partial charge in [-0.3, -0.25) is 4.79 Å². The summed E-state index contributed by atoms with van der Waals surface area (Å²) in [7, 11) is 0. The molecule has 0 aromatic rings. The van der Waals surface area contributed by atoms with Crippen molar-refractivity contribution < 1.29 is 4.79 Å². The molecule has 12 heavy (non-hydrogen) atoms. The first-order chi connectivity index (χ1) is 5.86. The first-order valence-electron chi connectivity index (χ1n) is 4.15. The molecule has 0 amide bonds. The van der Waals surface area contributed by atoms with Crippen LogP contribution in [0, 0.1) is 0 Å². The number of fused-ring (bicyclic) bond motifs is 1. The van der Waals surface area contributed by atoms with Gasteiger partial charge in [-0.25, -0.2) is 0 Å². The minimum atomic E-state index is 0.244. The van der Waals surface area contributed by atoms with Crippen LogP contribution in [-0.2, 0) is 4.79 Å². The molecule has 2 rings (SSSR count). The van der Waals surface area contributed by atoms with Gasteiger partial charge in [0.15, 0.2) is 5.78 Å². The molecule has 0 aromatic carbocycles. The zero-order valence-corrected chi connectivity index (χ0v) is 6.79. The molecule has 0 bridgehead atoms. The zero-order valence-electron chi connectivity index (χ0n) is 6.79. The zero-order chi connectivity index (χ0) is 8.39. The van der Waals surface area contributed by atoms with Gasteiger partial charge in [-0.1, -0.05) is 30.4 Å². The standard InChI is InChI=1S/C11H10O/c12-11-7-6-9-4-2-1-3-5-10(9)8-11/h1-5,8H,6-7H2. The predicted molar refractivity (Wildman–Crippen MR) is 48.7 cm³/mol. The van der Waals surface area contributed by atoms with Crippen molar-refractivity contribution in [2.75, 3.05) is 0 Å². The molecular formula is C11H10O. The molecule has 0 atom stereocenters. The molecule has 0 heterocycles. The summed E-state index contributed by atoms with van der Waals surface area (Å²) < 4.78 is 0. The van der Waals surface area contributed by atoms with Gasteiger partial charge in [0.25, 0.3) is 0 Å². The number of hydrogen-bond donors (Lipinski definition) is 0. The summed E-state index contributed by atoms with van der Waals surface area (Å²) in [5.41, 5.74) is 2.36. The van der Waals surface area contributed by atoms with Gasteiger partial charge in [-0.2, -0.15) is 0 Å². The first-order valence-corrected chi connectivity index (χ1v) is 4.15. The fourth-order valence-corrected chi connectivity index (χ4v) is 1.47. The van der Waals surface area contributed by atoms with Crippen molar-refractivity contribution in [3.8, 4) is 0 Å². The summed E-state index contributed by atoms with van der Waals surface area (Å²) in [5.74, 6) is 0.244. The van der Waals surface area contributed by atoms with Gasteiger partial charge in [0.1, 0.15) is 0 Å². The molecule has 1 heteroatoms. The third kappa shape index (κ3) is 1.30. The molecular weight excluding hydrogens is 148 g/mol. The predicted octanol–water partition coefficient (Wildman–Crippen LogP) is 2.33. The van der Waals surface area contributed by atoms with Crippen molar-refractivity contribution in [3.63, 3.8) is 0 Å². The lowest BCUT2D eigenvalue weighted by Gasteiger charge is -2.11. The molecule has 1 nitrogen and oxygen atoms in total. The molecule has 0 radical (unpaired) electrons. The SMILES string of the molecule is O=C1C=C2C=CC=CC=C2CC1. The lowest BCUT2D eigenvalue weighted by atomic mass is 9.93. The van der Waals surface area contributed by atoms with E-state index in [4.69, 9.17) is 0 Å². The Hall–Kier alpha value is -1.37. The van der Waals surface area contributed by atoms with Crippen molar-refractivity contribution in [2.45, 2.75) is 12.8 Å². The normalized spacial score (nSPS) is 21.2. The molecule has 0 saturated carbocycles. The van der Waals surface area contributed by atoms with Crippen molar-refractivity contribution in [1.82, 2.24) is 0 Å². The average molecular weight is 158 g/mol. The van der Waals surface area contributed by atoms with E-state index < -0.39 is 0 Å². The van der Waals surface area contributed by atoms with Crippen LogP contribution in [0.15, 0.2) is 47.6 Å². The Bertz CT molecular complexity index is 327. The second-order valence-electron chi connectivity index (χ2n) is 3.00. The topological polar surface area (TPSA) is 17.1 Å². The Morgan fingerprint density at radius 2 is 2.00 bits per heavy atom. The Kier molecular flexibility index (Phi) is 1.78. The van der Waals surface area contributed by atoms with Crippen LogP contribution in [-0.4, -0.2) is 5.78 Å². The lowest BCUT2D eigenvalue weighted by Crippen LogP contribution is -2.03. The largest absolute Gasteiger partial charge is 0.295 e. The number of carbonyl (C=O) groups excluding carboxylic acids is 1. The number of rotatable bonds is 0. The highest BCUT2D eigenvalue weighted by Crippen LogP contribution is 2.24. The van der Waals surface area contributed by atoms with E-state index in [1.807, 2.05) is 24.3 Å². The van der Waals surface area contributed by atoms with Crippen molar-refractivity contribution >= 4 is 5.78 Å². The molecule has 0 aromatic heterocycles. The summed E-state index contributed by atoms with van der Waals surface area (Å²) in [6, 6.07) is 0. The number of ketones is 1. The highest BCUT2D eigenvalue weighted by atomic mass is 16.1. The quantitative estimate of drug-likeness (QED) is 0.528. The van der Waals surface area contributed by atoms with Gasteiger partial charge in [-0.15, -0.1) is 0 Å². The summed E-state index contributed by atoms with van der Waals surface area (Å²) >= 11 is 0. The maximum atomic E-state index is 11.1. The maximum absolute atomic E-state index is 11.1. The third-order valence-electron chi connectivity index (χ3n) is 2.12. The third-order valence-corrected chi connectivity index (χ3v) is 2.12. The van der Waals surface area contributed by atoms with Crippen molar-refractivity contribution in [2.24, 2.45) is 0 Å². The fourth-order valence-electron chi connectivity index (χ4n) is 1.47. The Balaban J connectivity index is 2.43. The fraction of sp³-hybridized carbons (Fsp3) is 0.182. The second kappa shape index (κ2) is 2.94. The van der Waals surface area contributed by atoms with Crippen LogP contribution in [0.5, 0.6) is 0 Å². The van der Waals surface area contributed by atoms with Gasteiger partial charge in [-0.05, 0) is 23.6 Å². The van der Waals surface area contributed by atoms with E-state index in [0.29, 0.717) is 6.42 Å². The van der Waals surface area contributed by atoms with Gasteiger partial charge in [0, 0.05) is 6.42 Å². The van der Waals surface area contributed by atoms with Gasteiger partial charge in [0.2, 0.25) is 0 Å². The second-order valence-corrected chi connectivity index (χ2v) is 3.00. The highest BCUT2D eigenvalue weighted by molar-refractivity contribution is 5.93. The molecule has 0 unspecified atom stereocenters. The minimum Gasteiger partial charge on any atom is -0.295 e. The van der Waals surface area contributed by atoms with E-state index in [9.17, 15) is 4.79 Å². The van der Waals surface area contributed by atoms with Crippen molar-refractivity contribution in [3.05, 3.63) is 47.6 Å². The van der Waals surface area contributed by atoms with Crippen LogP contribution in [0.25, 0.3) is 0 Å². The van der Waals surface area contributed by atoms with Crippen LogP contribution in [0.1, 0.15) is 12.8 Å². The minimum absolute atomic E-state index is 0.244. The Morgan fingerprint density at radius 3 is 2.92 bits per heavy atom.